The maximum atomic E-state index is 6.61. The molecular formula is C27H27ClN4. The summed E-state index contributed by atoms with van der Waals surface area (Å²) in [5.74, 6) is 0.588. The maximum absolute atomic E-state index is 6.61. The van der Waals surface area contributed by atoms with Crippen LogP contribution in [0.15, 0.2) is 72.8 Å². The highest BCUT2D eigenvalue weighted by molar-refractivity contribution is 6.31. The highest BCUT2D eigenvalue weighted by Crippen LogP contribution is 2.33. The largest absolute Gasteiger partial charge is 0.330 e. The van der Waals surface area contributed by atoms with Crippen LogP contribution in [-0.4, -0.2) is 16.5 Å². The fourth-order valence-electron chi connectivity index (χ4n) is 3.54. The number of hydrogen-bond acceptors (Lipinski definition) is 4. The average Bonchev–Trinajstić information content (AvgIpc) is 2.82. The number of benzene rings is 3. The third kappa shape index (κ3) is 4.73. The molecule has 4 nitrogen and oxygen atoms in total. The minimum atomic E-state index is -0.337. The predicted octanol–water partition coefficient (Wildman–Crippen LogP) is 6.11. The molecular weight excluding hydrogens is 416 g/mol. The van der Waals surface area contributed by atoms with Crippen molar-refractivity contribution in [3.8, 4) is 11.1 Å². The Morgan fingerprint density at radius 2 is 1.59 bits per heavy atom. The first-order valence-electron chi connectivity index (χ1n) is 10.6. The summed E-state index contributed by atoms with van der Waals surface area (Å²) >= 11 is 6.23. The van der Waals surface area contributed by atoms with Crippen LogP contribution in [0.3, 0.4) is 0 Å². The van der Waals surface area contributed by atoms with Crippen molar-refractivity contribution in [3.05, 3.63) is 94.9 Å². The van der Waals surface area contributed by atoms with Crippen molar-refractivity contribution >= 4 is 34.7 Å². The lowest BCUT2D eigenvalue weighted by Gasteiger charge is -2.30. The molecule has 4 aromatic rings. The van der Waals surface area contributed by atoms with Crippen molar-refractivity contribution in [2.24, 2.45) is 16.9 Å². The van der Waals surface area contributed by atoms with Gasteiger partial charge in [-0.3, -0.25) is 0 Å². The molecule has 162 valence electrons. The van der Waals surface area contributed by atoms with E-state index in [1.54, 1.807) is 0 Å². The molecule has 0 amide bonds. The second kappa shape index (κ2) is 9.21. The smallest absolute Gasteiger partial charge is 0.152 e. The first kappa shape index (κ1) is 22.2. The Morgan fingerprint density at radius 1 is 0.906 bits per heavy atom. The van der Waals surface area contributed by atoms with Crippen LogP contribution in [0.25, 0.3) is 34.2 Å². The number of fused-ring (bicyclic) bond motifs is 1. The van der Waals surface area contributed by atoms with Gasteiger partial charge in [0.1, 0.15) is 0 Å². The molecule has 4 rings (SSSR count). The zero-order valence-corrected chi connectivity index (χ0v) is 19.1. The monoisotopic (exact) mass is 442 g/mol. The van der Waals surface area contributed by atoms with Crippen molar-refractivity contribution < 1.29 is 0 Å². The summed E-state index contributed by atoms with van der Waals surface area (Å²) in [5, 5.41) is 1.52. The fourth-order valence-corrected chi connectivity index (χ4v) is 3.71. The Hall–Kier alpha value is -3.05. The van der Waals surface area contributed by atoms with Crippen molar-refractivity contribution in [3.63, 3.8) is 0 Å². The van der Waals surface area contributed by atoms with Gasteiger partial charge in [-0.05, 0) is 52.9 Å². The highest BCUT2D eigenvalue weighted by Gasteiger charge is 2.29. The molecule has 0 spiro atoms. The van der Waals surface area contributed by atoms with Crippen LogP contribution in [-0.2, 0) is 0 Å². The van der Waals surface area contributed by atoms with Crippen LogP contribution < -0.4 is 11.5 Å². The molecule has 1 atom stereocenters. The molecule has 0 fully saturated rings. The van der Waals surface area contributed by atoms with Gasteiger partial charge in [-0.2, -0.15) is 0 Å². The summed E-state index contributed by atoms with van der Waals surface area (Å²) in [6.45, 7) is 4.54. The predicted molar refractivity (Wildman–Crippen MR) is 135 cm³/mol. The third-order valence-electron chi connectivity index (χ3n) is 5.81. The molecule has 0 saturated carbocycles. The normalized spacial score (nSPS) is 13.0. The fraction of sp³-hybridized carbons (Fsp3) is 0.185. The summed E-state index contributed by atoms with van der Waals surface area (Å²) < 4.78 is 0. The lowest BCUT2D eigenvalue weighted by molar-refractivity contribution is 0.298. The van der Waals surface area contributed by atoms with Gasteiger partial charge in [0, 0.05) is 10.4 Å². The molecule has 0 aliphatic carbocycles. The highest BCUT2D eigenvalue weighted by atomic mass is 35.5. The molecule has 1 unspecified atom stereocenters. The molecule has 3 aromatic carbocycles. The van der Waals surface area contributed by atoms with Gasteiger partial charge in [-0.15, -0.1) is 0 Å². The van der Waals surface area contributed by atoms with Crippen LogP contribution >= 0.6 is 11.6 Å². The molecule has 5 heteroatoms. The summed E-state index contributed by atoms with van der Waals surface area (Å²) in [6, 6.07) is 24.0. The van der Waals surface area contributed by atoms with E-state index in [4.69, 9.17) is 33.0 Å². The lowest BCUT2D eigenvalue weighted by Crippen LogP contribution is -2.36. The zero-order valence-electron chi connectivity index (χ0n) is 18.3. The van der Waals surface area contributed by atoms with E-state index in [-0.39, 0.29) is 11.5 Å². The van der Waals surface area contributed by atoms with Crippen LogP contribution in [0.4, 0.5) is 0 Å². The Labute approximate surface area is 194 Å². The maximum Gasteiger partial charge on any atom is 0.152 e. The topological polar surface area (TPSA) is 77.8 Å². The van der Waals surface area contributed by atoms with Crippen molar-refractivity contribution in [2.75, 3.05) is 6.54 Å². The van der Waals surface area contributed by atoms with Gasteiger partial charge in [0.2, 0.25) is 0 Å². The summed E-state index contributed by atoms with van der Waals surface area (Å²) in [6.07, 6.45) is 3.91. The number of nitrogens with two attached hydrogens (primary N) is 2. The molecule has 32 heavy (non-hydrogen) atoms. The number of aromatic nitrogens is 2. The van der Waals surface area contributed by atoms with E-state index in [0.29, 0.717) is 17.4 Å². The minimum absolute atomic E-state index is 0.310. The number of halogens is 1. The lowest BCUT2D eigenvalue weighted by atomic mass is 9.82. The molecule has 1 aromatic heterocycles. The standard InChI is InChI=1S/C27H27ClN4/c1-27(2,17-29)26(30)25-22-14-13-21(28)16-23(22)31-24(32-25)15-10-18-8-11-20(12-9-18)19-6-4-3-5-7-19/h3-16,26H,17,29-30H2,1-2H3. The Balaban J connectivity index is 1.69. The summed E-state index contributed by atoms with van der Waals surface area (Å²) in [5.41, 5.74) is 17.3. The van der Waals surface area contributed by atoms with Gasteiger partial charge < -0.3 is 11.5 Å². The number of hydrogen-bond donors (Lipinski definition) is 2. The van der Waals surface area contributed by atoms with E-state index in [1.807, 2.05) is 62.4 Å². The average molecular weight is 443 g/mol. The quantitative estimate of drug-likeness (QED) is 0.378. The Kier molecular flexibility index (Phi) is 6.38. The molecule has 1 heterocycles. The Bertz CT molecular complexity index is 1250. The van der Waals surface area contributed by atoms with Gasteiger partial charge in [0.25, 0.3) is 0 Å². The Morgan fingerprint density at radius 3 is 2.28 bits per heavy atom. The van der Waals surface area contributed by atoms with E-state index in [1.165, 1.54) is 11.1 Å². The van der Waals surface area contributed by atoms with Crippen LogP contribution in [0.1, 0.15) is 37.0 Å². The molecule has 0 radical (unpaired) electrons. The van der Waals surface area contributed by atoms with Gasteiger partial charge in [0.15, 0.2) is 5.82 Å². The second-order valence-corrected chi connectivity index (χ2v) is 9.06. The minimum Gasteiger partial charge on any atom is -0.330 e. The zero-order chi connectivity index (χ0) is 22.7. The molecule has 4 N–H and O–H groups in total. The number of rotatable bonds is 6. The SMILES string of the molecule is CC(C)(CN)C(N)c1nc(C=Cc2ccc(-c3ccccc3)cc2)nc2cc(Cl)ccc12. The molecule has 0 aliphatic rings. The first-order valence-corrected chi connectivity index (χ1v) is 11.0. The van der Waals surface area contributed by atoms with E-state index in [2.05, 4.69) is 36.4 Å². The van der Waals surface area contributed by atoms with E-state index >= 15 is 0 Å². The van der Waals surface area contributed by atoms with Gasteiger partial charge >= 0.3 is 0 Å². The van der Waals surface area contributed by atoms with Crippen molar-refractivity contribution in [2.45, 2.75) is 19.9 Å². The van der Waals surface area contributed by atoms with Crippen molar-refractivity contribution in [1.29, 1.82) is 0 Å². The van der Waals surface area contributed by atoms with Gasteiger partial charge in [-0.1, -0.05) is 86.1 Å². The summed E-state index contributed by atoms with van der Waals surface area (Å²) in [4.78, 5) is 9.50. The summed E-state index contributed by atoms with van der Waals surface area (Å²) in [7, 11) is 0. The number of nitrogens with zero attached hydrogens (tertiary/aromatic N) is 2. The second-order valence-electron chi connectivity index (χ2n) is 8.62. The van der Waals surface area contributed by atoms with Gasteiger partial charge in [-0.25, -0.2) is 9.97 Å². The van der Waals surface area contributed by atoms with Crippen LogP contribution in [0.2, 0.25) is 5.02 Å². The molecule has 0 saturated heterocycles. The van der Waals surface area contributed by atoms with Crippen LogP contribution in [0.5, 0.6) is 0 Å². The van der Waals surface area contributed by atoms with E-state index < -0.39 is 0 Å². The van der Waals surface area contributed by atoms with E-state index in [0.717, 1.165) is 22.2 Å². The molecule has 0 aliphatic heterocycles. The third-order valence-corrected chi connectivity index (χ3v) is 6.05. The first-order chi connectivity index (χ1) is 15.4. The van der Waals surface area contributed by atoms with E-state index in [9.17, 15) is 0 Å². The molecule has 0 bridgehead atoms. The van der Waals surface area contributed by atoms with Crippen LogP contribution in [0, 0.1) is 5.41 Å². The van der Waals surface area contributed by atoms with Crippen molar-refractivity contribution in [1.82, 2.24) is 9.97 Å². The van der Waals surface area contributed by atoms with Gasteiger partial charge in [0.05, 0.1) is 17.3 Å².